The summed E-state index contributed by atoms with van der Waals surface area (Å²) in [6, 6.07) is 17.4. The fraction of sp³-hybridized carbons (Fsp3) is 0.130. The van der Waals surface area contributed by atoms with Gasteiger partial charge in [0.25, 0.3) is 11.6 Å². The summed E-state index contributed by atoms with van der Waals surface area (Å²) in [5.74, 6) is 0.0431. The smallest absolute Gasteiger partial charge is 0.416 e. The number of nitrogens with zero attached hydrogens (tertiary/aromatic N) is 2. The standard InChI is InChI=1S/C23H19F3N4O4/c24-23(25,26)18-2-1-3-19(12-18)27-14-22(31)29-28-13-16-6-10-21(11-7-16)34-15-17-4-8-20(9-5-17)30(32)33/h1-13,27H,14-15H2,(H,29,31)/b28-13-. The third-order valence-electron chi connectivity index (χ3n) is 4.48. The van der Waals surface area contributed by atoms with Crippen molar-refractivity contribution in [2.75, 3.05) is 11.9 Å². The third kappa shape index (κ3) is 7.33. The summed E-state index contributed by atoms with van der Waals surface area (Å²) in [6.07, 6.45) is -3.06. The van der Waals surface area contributed by atoms with Gasteiger partial charge in [0.1, 0.15) is 12.4 Å². The summed E-state index contributed by atoms with van der Waals surface area (Å²) in [7, 11) is 0. The summed E-state index contributed by atoms with van der Waals surface area (Å²) in [5.41, 5.74) is 3.10. The van der Waals surface area contributed by atoms with Crippen LogP contribution in [-0.2, 0) is 17.6 Å². The lowest BCUT2D eigenvalue weighted by atomic mass is 10.2. The summed E-state index contributed by atoms with van der Waals surface area (Å²) >= 11 is 0. The molecule has 2 N–H and O–H groups in total. The first kappa shape index (κ1) is 24.2. The van der Waals surface area contributed by atoms with Gasteiger partial charge in [-0.1, -0.05) is 6.07 Å². The van der Waals surface area contributed by atoms with Gasteiger partial charge in [-0.05, 0) is 65.7 Å². The van der Waals surface area contributed by atoms with Crippen molar-refractivity contribution in [3.63, 3.8) is 0 Å². The van der Waals surface area contributed by atoms with Crippen molar-refractivity contribution in [3.8, 4) is 5.75 Å². The van der Waals surface area contributed by atoms with Gasteiger partial charge in [0.15, 0.2) is 0 Å². The number of carbonyl (C=O) groups is 1. The lowest BCUT2D eigenvalue weighted by Crippen LogP contribution is -2.26. The minimum absolute atomic E-state index is 0.00548. The van der Waals surface area contributed by atoms with E-state index in [0.717, 1.165) is 17.7 Å². The molecule has 0 atom stereocenters. The van der Waals surface area contributed by atoms with Crippen molar-refractivity contribution in [2.45, 2.75) is 12.8 Å². The number of nitro groups is 1. The zero-order valence-electron chi connectivity index (χ0n) is 17.6. The predicted molar refractivity (Wildman–Crippen MR) is 120 cm³/mol. The summed E-state index contributed by atoms with van der Waals surface area (Å²) in [5, 5.41) is 17.1. The number of rotatable bonds is 9. The largest absolute Gasteiger partial charge is 0.489 e. The molecule has 176 valence electrons. The number of alkyl halides is 3. The van der Waals surface area contributed by atoms with Crippen LogP contribution in [0.25, 0.3) is 0 Å². The first-order valence-corrected chi connectivity index (χ1v) is 9.90. The number of amides is 1. The molecule has 0 aliphatic heterocycles. The lowest BCUT2D eigenvalue weighted by Gasteiger charge is -2.10. The number of non-ortho nitro benzene ring substituents is 1. The zero-order chi connectivity index (χ0) is 24.6. The van der Waals surface area contributed by atoms with Crippen LogP contribution in [0.4, 0.5) is 24.5 Å². The van der Waals surface area contributed by atoms with Crippen molar-refractivity contribution >= 4 is 23.5 Å². The topological polar surface area (TPSA) is 106 Å². The van der Waals surface area contributed by atoms with E-state index in [-0.39, 0.29) is 24.5 Å². The van der Waals surface area contributed by atoms with Crippen molar-refractivity contribution in [1.82, 2.24) is 5.43 Å². The average Bonchev–Trinajstić information content (AvgIpc) is 2.82. The number of anilines is 1. The van der Waals surface area contributed by atoms with Gasteiger partial charge >= 0.3 is 6.18 Å². The number of halogens is 3. The molecule has 0 saturated carbocycles. The molecule has 11 heteroatoms. The minimum atomic E-state index is -4.46. The molecule has 0 unspecified atom stereocenters. The minimum Gasteiger partial charge on any atom is -0.489 e. The highest BCUT2D eigenvalue weighted by atomic mass is 19.4. The van der Waals surface area contributed by atoms with Gasteiger partial charge in [0.05, 0.1) is 23.2 Å². The molecule has 0 radical (unpaired) electrons. The van der Waals surface area contributed by atoms with Crippen LogP contribution in [0, 0.1) is 10.1 Å². The lowest BCUT2D eigenvalue weighted by molar-refractivity contribution is -0.384. The van der Waals surface area contributed by atoms with Gasteiger partial charge in [-0.15, -0.1) is 0 Å². The second kappa shape index (κ2) is 10.9. The summed E-state index contributed by atoms with van der Waals surface area (Å²) < 4.78 is 43.8. The summed E-state index contributed by atoms with van der Waals surface area (Å²) in [4.78, 5) is 22.1. The highest BCUT2D eigenvalue weighted by molar-refractivity contribution is 5.84. The Hall–Kier alpha value is -4.41. The van der Waals surface area contributed by atoms with E-state index in [9.17, 15) is 28.1 Å². The molecule has 0 aliphatic carbocycles. The van der Waals surface area contributed by atoms with E-state index in [2.05, 4.69) is 15.8 Å². The van der Waals surface area contributed by atoms with Gasteiger partial charge < -0.3 is 10.1 Å². The van der Waals surface area contributed by atoms with Crippen LogP contribution in [0.3, 0.4) is 0 Å². The molecular weight excluding hydrogens is 453 g/mol. The Bertz CT molecular complexity index is 1160. The third-order valence-corrected chi connectivity index (χ3v) is 4.48. The SMILES string of the molecule is O=C(CNc1cccc(C(F)(F)F)c1)N/N=C\c1ccc(OCc2ccc([N+](=O)[O-])cc2)cc1. The van der Waals surface area contributed by atoms with Crippen LogP contribution in [0.15, 0.2) is 77.9 Å². The zero-order valence-corrected chi connectivity index (χ0v) is 17.6. The van der Waals surface area contributed by atoms with Crippen molar-refractivity contribution in [2.24, 2.45) is 5.10 Å². The van der Waals surface area contributed by atoms with Crippen LogP contribution in [0.2, 0.25) is 0 Å². The highest BCUT2D eigenvalue weighted by Crippen LogP contribution is 2.30. The Labute approximate surface area is 192 Å². The first-order valence-electron chi connectivity index (χ1n) is 9.90. The van der Waals surface area contributed by atoms with E-state index in [1.165, 1.54) is 30.5 Å². The Morgan fingerprint density at radius 2 is 1.76 bits per heavy atom. The highest BCUT2D eigenvalue weighted by Gasteiger charge is 2.30. The van der Waals surface area contributed by atoms with E-state index >= 15 is 0 Å². The van der Waals surface area contributed by atoms with E-state index < -0.39 is 22.6 Å². The van der Waals surface area contributed by atoms with Gasteiger partial charge in [-0.2, -0.15) is 18.3 Å². The predicted octanol–water partition coefficient (Wildman–Crippen LogP) is 4.75. The van der Waals surface area contributed by atoms with Crippen LogP contribution in [-0.4, -0.2) is 23.6 Å². The Kier molecular flexibility index (Phi) is 7.80. The van der Waals surface area contributed by atoms with Crippen LogP contribution in [0.5, 0.6) is 5.75 Å². The maximum Gasteiger partial charge on any atom is 0.416 e. The van der Waals surface area contributed by atoms with Gasteiger partial charge in [0.2, 0.25) is 0 Å². The molecule has 0 aromatic heterocycles. The molecule has 0 saturated heterocycles. The number of hydrazone groups is 1. The molecule has 1 amide bonds. The van der Waals surface area contributed by atoms with Gasteiger partial charge in [-0.3, -0.25) is 14.9 Å². The number of benzene rings is 3. The number of nitrogens with one attached hydrogen (secondary N) is 2. The Morgan fingerprint density at radius 3 is 2.41 bits per heavy atom. The Balaban J connectivity index is 1.43. The van der Waals surface area contributed by atoms with Crippen LogP contribution < -0.4 is 15.5 Å². The quantitative estimate of drug-likeness (QED) is 0.266. The van der Waals surface area contributed by atoms with Crippen molar-refractivity contribution in [3.05, 3.63) is 99.6 Å². The van der Waals surface area contributed by atoms with Crippen molar-refractivity contribution in [1.29, 1.82) is 0 Å². The van der Waals surface area contributed by atoms with Crippen molar-refractivity contribution < 1.29 is 27.6 Å². The second-order valence-corrected chi connectivity index (χ2v) is 7.01. The maximum atomic E-state index is 12.7. The van der Waals surface area contributed by atoms with Crippen LogP contribution >= 0.6 is 0 Å². The molecule has 3 rings (SSSR count). The number of nitro benzene ring substituents is 1. The number of ether oxygens (including phenoxy) is 1. The Morgan fingerprint density at radius 1 is 1.06 bits per heavy atom. The van der Waals surface area contributed by atoms with E-state index in [1.807, 2.05) is 0 Å². The van der Waals surface area contributed by atoms with Crippen LogP contribution in [0.1, 0.15) is 16.7 Å². The first-order chi connectivity index (χ1) is 16.2. The van der Waals surface area contributed by atoms with Gasteiger partial charge in [0, 0.05) is 17.8 Å². The molecule has 0 aliphatic rings. The molecule has 3 aromatic carbocycles. The maximum absolute atomic E-state index is 12.7. The molecule has 3 aromatic rings. The molecular formula is C23H19F3N4O4. The fourth-order valence-corrected chi connectivity index (χ4v) is 2.74. The molecule has 34 heavy (non-hydrogen) atoms. The van der Waals surface area contributed by atoms with Gasteiger partial charge in [-0.25, -0.2) is 5.43 Å². The molecule has 8 nitrogen and oxygen atoms in total. The monoisotopic (exact) mass is 472 g/mol. The molecule has 0 heterocycles. The number of carbonyl (C=O) groups excluding carboxylic acids is 1. The number of hydrogen-bond acceptors (Lipinski definition) is 6. The van der Waals surface area contributed by atoms with E-state index in [1.54, 1.807) is 36.4 Å². The number of hydrogen-bond donors (Lipinski definition) is 2. The van der Waals surface area contributed by atoms with E-state index in [4.69, 9.17) is 4.74 Å². The molecule has 0 fully saturated rings. The molecule has 0 bridgehead atoms. The molecule has 0 spiro atoms. The van der Waals surface area contributed by atoms with E-state index in [0.29, 0.717) is 11.3 Å². The fourth-order valence-electron chi connectivity index (χ4n) is 2.74. The normalized spacial score (nSPS) is 11.3. The second-order valence-electron chi connectivity index (χ2n) is 7.01. The summed E-state index contributed by atoms with van der Waals surface area (Å²) in [6.45, 7) is -0.0194. The average molecular weight is 472 g/mol.